The first-order valence-corrected chi connectivity index (χ1v) is 6.53. The van der Waals surface area contributed by atoms with Gasteiger partial charge in [0, 0.05) is 6.04 Å². The molecule has 1 unspecified atom stereocenters. The summed E-state index contributed by atoms with van der Waals surface area (Å²) in [5, 5.41) is 12.7. The highest BCUT2D eigenvalue weighted by atomic mass is 16.4. The fourth-order valence-corrected chi connectivity index (χ4v) is 2.63. The molecule has 0 spiro atoms. The molecule has 1 heterocycles. The van der Waals surface area contributed by atoms with Crippen LogP contribution < -0.4 is 5.32 Å². The summed E-state index contributed by atoms with van der Waals surface area (Å²) in [6.07, 6.45) is 2.75. The van der Waals surface area contributed by atoms with Crippen molar-refractivity contribution in [2.75, 3.05) is 20.1 Å². The Morgan fingerprint density at radius 2 is 2.00 bits per heavy atom. The summed E-state index contributed by atoms with van der Waals surface area (Å²) in [5.74, 6) is -0.347. The van der Waals surface area contributed by atoms with E-state index >= 15 is 0 Å². The monoisotopic (exact) mass is 242 g/mol. The molecule has 4 nitrogen and oxygen atoms in total. The molecule has 100 valence electrons. The average Bonchev–Trinajstić information content (AvgIpc) is 2.20. The number of carboxylic acids is 1. The first-order valence-electron chi connectivity index (χ1n) is 6.53. The van der Waals surface area contributed by atoms with E-state index in [-0.39, 0.29) is 0 Å². The van der Waals surface area contributed by atoms with Crippen LogP contribution >= 0.6 is 0 Å². The van der Waals surface area contributed by atoms with Gasteiger partial charge in [-0.25, -0.2) is 0 Å². The molecule has 1 aliphatic rings. The summed E-state index contributed by atoms with van der Waals surface area (Å²) in [6, 6.07) is 0.339. The van der Waals surface area contributed by atoms with Gasteiger partial charge in [-0.1, -0.05) is 13.8 Å². The number of hydrogen-bond acceptors (Lipinski definition) is 3. The lowest BCUT2D eigenvalue weighted by Gasteiger charge is -2.36. The second-order valence-corrected chi connectivity index (χ2v) is 5.96. The van der Waals surface area contributed by atoms with Crippen molar-refractivity contribution in [2.24, 2.45) is 5.92 Å². The van der Waals surface area contributed by atoms with Crippen LogP contribution in [0.25, 0.3) is 0 Å². The van der Waals surface area contributed by atoms with Gasteiger partial charge in [0.25, 0.3) is 0 Å². The Kier molecular flexibility index (Phi) is 4.95. The molecule has 1 aliphatic heterocycles. The fraction of sp³-hybridized carbons (Fsp3) is 0.923. The third-order valence-corrected chi connectivity index (χ3v) is 3.53. The minimum Gasteiger partial charge on any atom is -0.480 e. The maximum atomic E-state index is 11.4. The first-order chi connectivity index (χ1) is 7.83. The Labute approximate surface area is 104 Å². The van der Waals surface area contributed by atoms with E-state index < -0.39 is 11.5 Å². The summed E-state index contributed by atoms with van der Waals surface area (Å²) in [7, 11) is 2.11. The zero-order valence-electron chi connectivity index (χ0n) is 11.5. The molecule has 2 N–H and O–H groups in total. The van der Waals surface area contributed by atoms with Gasteiger partial charge in [0.2, 0.25) is 0 Å². The first kappa shape index (κ1) is 14.5. The minimum absolute atomic E-state index is 0.339. The van der Waals surface area contributed by atoms with Crippen LogP contribution in [0.15, 0.2) is 0 Å². The number of nitrogens with one attached hydrogen (secondary N) is 1. The number of carbonyl (C=O) groups is 1. The van der Waals surface area contributed by atoms with Crippen molar-refractivity contribution in [1.29, 1.82) is 0 Å². The second kappa shape index (κ2) is 5.83. The molecule has 0 radical (unpaired) electrons. The molecule has 0 aromatic carbocycles. The molecular weight excluding hydrogens is 216 g/mol. The predicted octanol–water partition coefficient (Wildman–Crippen LogP) is 1.56. The van der Waals surface area contributed by atoms with Gasteiger partial charge in [0.05, 0.1) is 0 Å². The molecule has 0 amide bonds. The highest BCUT2D eigenvalue weighted by Crippen LogP contribution is 2.20. The van der Waals surface area contributed by atoms with E-state index in [1.165, 1.54) is 0 Å². The zero-order valence-corrected chi connectivity index (χ0v) is 11.5. The molecule has 1 atom stereocenters. The van der Waals surface area contributed by atoms with Crippen molar-refractivity contribution >= 4 is 5.97 Å². The van der Waals surface area contributed by atoms with Crippen LogP contribution in [0.2, 0.25) is 0 Å². The van der Waals surface area contributed by atoms with Gasteiger partial charge in [0.1, 0.15) is 5.54 Å². The lowest BCUT2D eigenvalue weighted by atomic mass is 9.88. The smallest absolute Gasteiger partial charge is 0.323 e. The van der Waals surface area contributed by atoms with Crippen molar-refractivity contribution in [3.63, 3.8) is 0 Å². The van der Waals surface area contributed by atoms with E-state index in [1.807, 2.05) is 6.92 Å². The second-order valence-electron chi connectivity index (χ2n) is 5.96. The topological polar surface area (TPSA) is 52.6 Å². The van der Waals surface area contributed by atoms with E-state index in [0.717, 1.165) is 25.9 Å². The highest BCUT2D eigenvalue weighted by Gasteiger charge is 2.36. The Hall–Kier alpha value is -0.610. The molecule has 17 heavy (non-hydrogen) atoms. The lowest BCUT2D eigenvalue weighted by molar-refractivity contribution is -0.145. The zero-order chi connectivity index (χ0) is 13.1. The van der Waals surface area contributed by atoms with Gasteiger partial charge >= 0.3 is 5.97 Å². The lowest BCUT2D eigenvalue weighted by Crippen LogP contribution is -2.56. The van der Waals surface area contributed by atoms with Gasteiger partial charge in [0.15, 0.2) is 0 Å². The Morgan fingerprint density at radius 3 is 2.41 bits per heavy atom. The van der Waals surface area contributed by atoms with Crippen LogP contribution in [-0.2, 0) is 4.79 Å². The normalized spacial score (nSPS) is 22.6. The quantitative estimate of drug-likeness (QED) is 0.768. The summed E-state index contributed by atoms with van der Waals surface area (Å²) >= 11 is 0. The van der Waals surface area contributed by atoms with Gasteiger partial charge in [-0.3, -0.25) is 10.1 Å². The van der Waals surface area contributed by atoms with Crippen molar-refractivity contribution in [2.45, 2.75) is 51.6 Å². The summed E-state index contributed by atoms with van der Waals surface area (Å²) in [4.78, 5) is 13.7. The SMILES string of the molecule is CC(C)CC(C)(NC1CCN(C)CC1)C(=O)O. The predicted molar refractivity (Wildman–Crippen MR) is 69.2 cm³/mol. The van der Waals surface area contributed by atoms with E-state index in [2.05, 4.69) is 31.1 Å². The molecule has 1 fully saturated rings. The molecular formula is C13H26N2O2. The summed E-state index contributed by atoms with van der Waals surface area (Å²) in [5.41, 5.74) is -0.783. The Bertz CT molecular complexity index is 260. The molecule has 0 aromatic heterocycles. The third-order valence-electron chi connectivity index (χ3n) is 3.53. The van der Waals surface area contributed by atoms with Crippen LogP contribution in [-0.4, -0.2) is 47.7 Å². The Balaban J connectivity index is 2.57. The van der Waals surface area contributed by atoms with Crippen LogP contribution in [0.5, 0.6) is 0 Å². The van der Waals surface area contributed by atoms with Gasteiger partial charge in [-0.15, -0.1) is 0 Å². The maximum Gasteiger partial charge on any atom is 0.323 e. The molecule has 0 aliphatic carbocycles. The number of rotatable bonds is 5. The van der Waals surface area contributed by atoms with Gasteiger partial charge in [-0.2, -0.15) is 0 Å². The van der Waals surface area contributed by atoms with Crippen molar-refractivity contribution in [3.8, 4) is 0 Å². The maximum absolute atomic E-state index is 11.4. The number of hydrogen-bond donors (Lipinski definition) is 2. The minimum atomic E-state index is -0.783. The van der Waals surface area contributed by atoms with Crippen molar-refractivity contribution in [3.05, 3.63) is 0 Å². The van der Waals surface area contributed by atoms with Crippen LogP contribution in [0.3, 0.4) is 0 Å². The molecule has 0 saturated carbocycles. The fourth-order valence-electron chi connectivity index (χ4n) is 2.63. The van der Waals surface area contributed by atoms with E-state index in [0.29, 0.717) is 18.4 Å². The van der Waals surface area contributed by atoms with Crippen LogP contribution in [0.4, 0.5) is 0 Å². The van der Waals surface area contributed by atoms with E-state index in [9.17, 15) is 9.90 Å². The Morgan fingerprint density at radius 1 is 1.47 bits per heavy atom. The average molecular weight is 242 g/mol. The highest BCUT2D eigenvalue weighted by molar-refractivity contribution is 5.78. The van der Waals surface area contributed by atoms with E-state index in [1.54, 1.807) is 0 Å². The molecule has 0 bridgehead atoms. The van der Waals surface area contributed by atoms with Crippen molar-refractivity contribution in [1.82, 2.24) is 10.2 Å². The molecule has 4 heteroatoms. The van der Waals surface area contributed by atoms with Gasteiger partial charge < -0.3 is 10.0 Å². The van der Waals surface area contributed by atoms with Crippen LogP contribution in [0, 0.1) is 5.92 Å². The largest absolute Gasteiger partial charge is 0.480 e. The summed E-state index contributed by atoms with van der Waals surface area (Å²) < 4.78 is 0. The molecule has 0 aromatic rings. The number of nitrogens with zero attached hydrogens (tertiary/aromatic N) is 1. The van der Waals surface area contributed by atoms with Crippen molar-refractivity contribution < 1.29 is 9.90 Å². The summed E-state index contributed by atoms with van der Waals surface area (Å²) in [6.45, 7) is 8.05. The third kappa shape index (κ3) is 4.28. The number of likely N-dealkylation sites (tertiary alicyclic amines) is 1. The van der Waals surface area contributed by atoms with Gasteiger partial charge in [-0.05, 0) is 52.2 Å². The molecule has 1 rings (SSSR count). The van der Waals surface area contributed by atoms with Crippen LogP contribution in [0.1, 0.15) is 40.0 Å². The van der Waals surface area contributed by atoms with E-state index in [4.69, 9.17) is 0 Å². The number of piperidine rings is 1. The standard InChI is InChI=1S/C13H26N2O2/c1-10(2)9-13(3,12(16)17)14-11-5-7-15(4)8-6-11/h10-11,14H,5-9H2,1-4H3,(H,16,17). The number of carboxylic acid groups (broad SMARTS) is 1. The number of aliphatic carboxylic acids is 1. The molecule has 1 saturated heterocycles.